The summed E-state index contributed by atoms with van der Waals surface area (Å²) in [5.41, 5.74) is 12.2. The molecule has 1 aliphatic rings. The number of rotatable bonds is 6. The van der Waals surface area contributed by atoms with Crippen LogP contribution in [0.25, 0.3) is 0 Å². The first-order valence-electron chi connectivity index (χ1n) is 7.77. The molecule has 9 heteroatoms. The predicted octanol–water partition coefficient (Wildman–Crippen LogP) is -1.67. The summed E-state index contributed by atoms with van der Waals surface area (Å²) >= 11 is 0. The second-order valence-electron chi connectivity index (χ2n) is 5.67. The lowest BCUT2D eigenvalue weighted by Gasteiger charge is -2.28. The summed E-state index contributed by atoms with van der Waals surface area (Å²) in [7, 11) is 0. The number of benzene rings is 1. The highest BCUT2D eigenvalue weighted by atomic mass is 16.3. The van der Waals surface area contributed by atoms with E-state index in [-0.39, 0.29) is 19.1 Å². The Balaban J connectivity index is 1.92. The summed E-state index contributed by atoms with van der Waals surface area (Å²) in [6.45, 7) is 0.324. The summed E-state index contributed by atoms with van der Waals surface area (Å²) in [4.78, 5) is 25.4. The number of carbonyl (C=O) groups excluding carboxylic acids is 2. The lowest BCUT2D eigenvalue weighted by Crippen LogP contribution is -2.53. The van der Waals surface area contributed by atoms with E-state index >= 15 is 0 Å². The van der Waals surface area contributed by atoms with Crippen molar-refractivity contribution in [3.63, 3.8) is 0 Å². The van der Waals surface area contributed by atoms with E-state index in [1.165, 1.54) is 9.91 Å². The highest BCUT2D eigenvalue weighted by molar-refractivity contribution is 5.84. The number of carbonyl (C=O) groups is 2. The molecule has 0 spiro atoms. The molecule has 0 aliphatic carbocycles. The third-order valence-electron chi connectivity index (χ3n) is 4.10. The molecule has 0 radical (unpaired) electrons. The number of nitrogens with zero attached hydrogens (tertiary/aromatic N) is 2. The molecule has 1 fully saturated rings. The van der Waals surface area contributed by atoms with Gasteiger partial charge in [0.15, 0.2) is 6.10 Å². The molecule has 8 N–H and O–H groups in total. The third kappa shape index (κ3) is 3.94. The monoisotopic (exact) mass is 336 g/mol. The molecule has 1 aliphatic heterocycles. The standard InChI is InChI=1S/C15H24N6O3/c16-8-13(22)20-7-3-6-12(20)14(23)15(24)19-9-21(18)11-5-2-1-4-10(11)17/h1-2,4-5,12,14,23H,3,6-9,16-18H2,(H,19,24)/t12-,14?/m0/s1. The van der Waals surface area contributed by atoms with Crippen LogP contribution in [-0.4, -0.2) is 53.7 Å². The second-order valence-corrected chi connectivity index (χ2v) is 5.67. The van der Waals surface area contributed by atoms with E-state index in [9.17, 15) is 14.7 Å². The Kier molecular flexibility index (Phi) is 5.96. The topological polar surface area (TPSA) is 151 Å². The van der Waals surface area contributed by atoms with Crippen molar-refractivity contribution in [3.8, 4) is 0 Å². The zero-order valence-electron chi connectivity index (χ0n) is 13.4. The number of hydrazine groups is 1. The molecular weight excluding hydrogens is 312 g/mol. The van der Waals surface area contributed by atoms with Gasteiger partial charge in [-0.25, -0.2) is 5.84 Å². The Labute approximate surface area is 140 Å². The number of likely N-dealkylation sites (tertiary alicyclic amines) is 1. The molecule has 132 valence electrons. The van der Waals surface area contributed by atoms with Crippen molar-refractivity contribution in [2.45, 2.75) is 25.0 Å². The van der Waals surface area contributed by atoms with Crippen LogP contribution in [0, 0.1) is 0 Å². The van der Waals surface area contributed by atoms with Crippen molar-refractivity contribution < 1.29 is 14.7 Å². The van der Waals surface area contributed by atoms with Gasteiger partial charge in [0.1, 0.15) is 6.67 Å². The fraction of sp³-hybridized carbons (Fsp3) is 0.467. The number of aliphatic hydroxyl groups is 1. The average Bonchev–Trinajstić information content (AvgIpc) is 3.08. The minimum Gasteiger partial charge on any atom is -0.397 e. The fourth-order valence-electron chi connectivity index (χ4n) is 2.82. The van der Waals surface area contributed by atoms with Crippen LogP contribution in [0.15, 0.2) is 24.3 Å². The maximum atomic E-state index is 12.2. The van der Waals surface area contributed by atoms with Crippen molar-refractivity contribution >= 4 is 23.2 Å². The normalized spacial score (nSPS) is 18.3. The Bertz CT molecular complexity index is 596. The van der Waals surface area contributed by atoms with Gasteiger partial charge in [0, 0.05) is 6.54 Å². The van der Waals surface area contributed by atoms with Gasteiger partial charge in [0.2, 0.25) is 5.91 Å². The van der Waals surface area contributed by atoms with E-state index in [4.69, 9.17) is 17.3 Å². The van der Waals surface area contributed by atoms with Crippen LogP contribution in [0.2, 0.25) is 0 Å². The van der Waals surface area contributed by atoms with E-state index in [2.05, 4.69) is 5.32 Å². The van der Waals surface area contributed by atoms with Crippen molar-refractivity contribution in [2.24, 2.45) is 11.6 Å². The first-order valence-corrected chi connectivity index (χ1v) is 7.77. The van der Waals surface area contributed by atoms with Gasteiger partial charge < -0.3 is 26.8 Å². The van der Waals surface area contributed by atoms with Crippen LogP contribution in [0.5, 0.6) is 0 Å². The molecule has 2 amide bonds. The van der Waals surface area contributed by atoms with E-state index < -0.39 is 18.1 Å². The number of nitrogen functional groups attached to an aromatic ring is 1. The summed E-state index contributed by atoms with van der Waals surface area (Å²) in [5, 5.41) is 14.1. The van der Waals surface area contributed by atoms with Crippen LogP contribution in [-0.2, 0) is 9.59 Å². The number of amides is 2. The molecule has 1 unspecified atom stereocenters. The summed E-state index contributed by atoms with van der Waals surface area (Å²) in [6.07, 6.45) is -0.0488. The van der Waals surface area contributed by atoms with Crippen LogP contribution in [0.3, 0.4) is 0 Å². The smallest absolute Gasteiger partial charge is 0.252 e. The van der Waals surface area contributed by atoms with Crippen molar-refractivity contribution in [1.29, 1.82) is 0 Å². The highest BCUT2D eigenvalue weighted by Gasteiger charge is 2.36. The molecule has 1 aromatic carbocycles. The number of para-hydroxylation sites is 2. The summed E-state index contributed by atoms with van der Waals surface area (Å²) in [6, 6.07) is 6.40. The molecule has 2 rings (SSSR count). The largest absolute Gasteiger partial charge is 0.397 e. The van der Waals surface area contributed by atoms with E-state index in [1.807, 2.05) is 0 Å². The molecule has 1 saturated heterocycles. The third-order valence-corrected chi connectivity index (χ3v) is 4.10. The first kappa shape index (κ1) is 18.0. The number of nitrogens with one attached hydrogen (secondary N) is 1. The summed E-state index contributed by atoms with van der Waals surface area (Å²) < 4.78 is 0. The molecule has 1 aromatic rings. The maximum Gasteiger partial charge on any atom is 0.252 e. The van der Waals surface area contributed by atoms with Gasteiger partial charge in [-0.2, -0.15) is 0 Å². The molecule has 1 heterocycles. The molecule has 9 nitrogen and oxygen atoms in total. The molecule has 2 atom stereocenters. The van der Waals surface area contributed by atoms with Crippen LogP contribution >= 0.6 is 0 Å². The number of anilines is 2. The summed E-state index contributed by atoms with van der Waals surface area (Å²) in [5.74, 6) is 5.00. The van der Waals surface area contributed by atoms with Crippen molar-refractivity contribution in [3.05, 3.63) is 24.3 Å². The number of nitrogens with two attached hydrogens (primary N) is 3. The Morgan fingerprint density at radius 2 is 2.12 bits per heavy atom. The Morgan fingerprint density at radius 1 is 1.42 bits per heavy atom. The van der Waals surface area contributed by atoms with Gasteiger partial charge in [-0.05, 0) is 25.0 Å². The SMILES string of the molecule is NCC(=O)N1CCC[C@H]1C(O)C(=O)NCN(N)c1ccccc1N. The quantitative estimate of drug-likeness (QED) is 0.180. The molecule has 0 bridgehead atoms. The van der Waals surface area contributed by atoms with Gasteiger partial charge in [-0.1, -0.05) is 12.1 Å². The van der Waals surface area contributed by atoms with Crippen molar-refractivity contribution in [2.75, 3.05) is 30.5 Å². The van der Waals surface area contributed by atoms with Crippen LogP contribution in [0.4, 0.5) is 11.4 Å². The Hall–Kier alpha value is -2.36. The van der Waals surface area contributed by atoms with Crippen LogP contribution < -0.4 is 27.6 Å². The van der Waals surface area contributed by atoms with Crippen molar-refractivity contribution in [1.82, 2.24) is 10.2 Å². The maximum absolute atomic E-state index is 12.2. The minimum atomic E-state index is -1.33. The van der Waals surface area contributed by atoms with E-state index in [0.717, 1.165) is 6.42 Å². The number of hydrogen-bond acceptors (Lipinski definition) is 7. The highest BCUT2D eigenvalue weighted by Crippen LogP contribution is 2.21. The van der Waals surface area contributed by atoms with E-state index in [0.29, 0.717) is 24.3 Å². The lowest BCUT2D eigenvalue weighted by atomic mass is 10.1. The molecule has 24 heavy (non-hydrogen) atoms. The van der Waals surface area contributed by atoms with Gasteiger partial charge in [-0.15, -0.1) is 0 Å². The van der Waals surface area contributed by atoms with Gasteiger partial charge in [0.25, 0.3) is 5.91 Å². The zero-order valence-corrected chi connectivity index (χ0v) is 13.4. The Morgan fingerprint density at radius 3 is 2.79 bits per heavy atom. The fourth-order valence-corrected chi connectivity index (χ4v) is 2.82. The van der Waals surface area contributed by atoms with Crippen LogP contribution in [0.1, 0.15) is 12.8 Å². The molecule has 0 saturated carbocycles. The first-order chi connectivity index (χ1) is 11.5. The van der Waals surface area contributed by atoms with E-state index in [1.54, 1.807) is 24.3 Å². The van der Waals surface area contributed by atoms with Gasteiger partial charge in [-0.3, -0.25) is 14.6 Å². The number of aliphatic hydroxyl groups excluding tert-OH is 1. The molecule has 0 aromatic heterocycles. The number of hydrogen-bond donors (Lipinski definition) is 5. The minimum absolute atomic E-state index is 0.0261. The average molecular weight is 336 g/mol. The second kappa shape index (κ2) is 7.95. The van der Waals surface area contributed by atoms with Gasteiger partial charge >= 0.3 is 0 Å². The molecular formula is C15H24N6O3. The lowest BCUT2D eigenvalue weighted by molar-refractivity contribution is -0.138. The predicted molar refractivity (Wildman–Crippen MR) is 90.3 cm³/mol. The zero-order chi connectivity index (χ0) is 17.7. The van der Waals surface area contributed by atoms with Gasteiger partial charge in [0.05, 0.1) is 24.0 Å².